The summed E-state index contributed by atoms with van der Waals surface area (Å²) in [6, 6.07) is 12.1. The van der Waals surface area contributed by atoms with Gasteiger partial charge in [-0.25, -0.2) is 9.78 Å². The third-order valence-corrected chi connectivity index (χ3v) is 4.21. The van der Waals surface area contributed by atoms with E-state index < -0.39 is 6.03 Å². The van der Waals surface area contributed by atoms with Crippen molar-refractivity contribution in [1.82, 2.24) is 14.5 Å². The van der Waals surface area contributed by atoms with Gasteiger partial charge in [0, 0.05) is 35.8 Å². The van der Waals surface area contributed by atoms with Crippen LogP contribution in [-0.2, 0) is 5.41 Å². The highest BCUT2D eigenvalue weighted by Crippen LogP contribution is 2.27. The Morgan fingerprint density at radius 2 is 1.90 bits per heavy atom. The number of carbonyl (C=O) groups excluding carboxylic acids is 1. The first-order valence-electron chi connectivity index (χ1n) is 9.13. The summed E-state index contributed by atoms with van der Waals surface area (Å²) in [5, 5.41) is 9.28. The maximum atomic E-state index is 12.2. The molecule has 3 heterocycles. The smallest absolute Gasteiger partial charge is 0.324 e. The fourth-order valence-electron chi connectivity index (χ4n) is 2.70. The average molecular weight is 391 g/mol. The molecule has 4 aromatic rings. The molecule has 0 aliphatic rings. The summed E-state index contributed by atoms with van der Waals surface area (Å²) in [4.78, 5) is 16.5. The molecule has 0 radical (unpaired) electrons. The molecule has 0 unspecified atom stereocenters. The van der Waals surface area contributed by atoms with Crippen LogP contribution in [0.2, 0.25) is 0 Å². The summed E-state index contributed by atoms with van der Waals surface area (Å²) >= 11 is 0. The van der Waals surface area contributed by atoms with Crippen molar-refractivity contribution in [3.63, 3.8) is 0 Å². The van der Waals surface area contributed by atoms with Crippen LogP contribution in [0, 0.1) is 0 Å². The van der Waals surface area contributed by atoms with Gasteiger partial charge in [-0.2, -0.15) is 0 Å². The lowest BCUT2D eigenvalue weighted by Crippen LogP contribution is -2.19. The Labute approximate surface area is 167 Å². The molecular formula is C21H21N5O3. The van der Waals surface area contributed by atoms with Gasteiger partial charge in [0.1, 0.15) is 11.5 Å². The molecule has 2 N–H and O–H groups in total. The van der Waals surface area contributed by atoms with Gasteiger partial charge in [0.15, 0.2) is 17.2 Å². The number of fused-ring (bicyclic) bond motifs is 1. The second kappa shape index (κ2) is 7.31. The standard InChI is InChI=1S/C21H21N5O3/c1-21(2,3)17-13-18(25-29-17)24-20(27)23-14-6-8-15(9-7-14)28-16-5-4-11-26-12-10-22-19(16)26/h4-13H,1-3H3,(H2,23,24,25,27). The molecule has 0 aliphatic carbocycles. The van der Waals surface area contributed by atoms with Crippen LogP contribution in [0.3, 0.4) is 0 Å². The fraction of sp³-hybridized carbons (Fsp3) is 0.190. The molecule has 2 amide bonds. The molecule has 0 saturated heterocycles. The number of nitrogens with one attached hydrogen (secondary N) is 2. The van der Waals surface area contributed by atoms with E-state index in [-0.39, 0.29) is 5.41 Å². The SMILES string of the molecule is CC(C)(C)c1cc(NC(=O)Nc2ccc(Oc3cccn4ccnc34)cc2)no1. The van der Waals surface area contributed by atoms with Gasteiger partial charge in [-0.1, -0.05) is 25.9 Å². The molecule has 0 fully saturated rings. The quantitative estimate of drug-likeness (QED) is 0.507. The third-order valence-electron chi connectivity index (χ3n) is 4.21. The zero-order chi connectivity index (χ0) is 20.4. The number of carbonyl (C=O) groups is 1. The minimum absolute atomic E-state index is 0.181. The molecule has 0 saturated carbocycles. The Balaban J connectivity index is 1.38. The molecular weight excluding hydrogens is 370 g/mol. The maximum Gasteiger partial charge on any atom is 0.324 e. The number of urea groups is 1. The van der Waals surface area contributed by atoms with Crippen molar-refractivity contribution in [3.05, 3.63) is 66.8 Å². The Morgan fingerprint density at radius 1 is 1.10 bits per heavy atom. The van der Waals surface area contributed by atoms with E-state index in [1.165, 1.54) is 0 Å². The number of hydrogen-bond acceptors (Lipinski definition) is 5. The van der Waals surface area contributed by atoms with Crippen LogP contribution in [-0.4, -0.2) is 20.6 Å². The van der Waals surface area contributed by atoms with Crippen molar-refractivity contribution >= 4 is 23.2 Å². The van der Waals surface area contributed by atoms with E-state index in [0.717, 1.165) is 5.65 Å². The number of ether oxygens (including phenoxy) is 1. The Hall–Kier alpha value is -3.81. The van der Waals surface area contributed by atoms with E-state index >= 15 is 0 Å². The van der Waals surface area contributed by atoms with Crippen molar-refractivity contribution in [3.8, 4) is 11.5 Å². The predicted octanol–water partition coefficient (Wildman–Crippen LogP) is 5.06. The molecule has 3 aromatic heterocycles. The average Bonchev–Trinajstić information content (AvgIpc) is 3.33. The fourth-order valence-corrected chi connectivity index (χ4v) is 2.70. The van der Waals surface area contributed by atoms with Crippen molar-refractivity contribution in [1.29, 1.82) is 0 Å². The second-order valence-corrected chi connectivity index (χ2v) is 7.56. The summed E-state index contributed by atoms with van der Waals surface area (Å²) in [5.41, 5.74) is 1.17. The largest absolute Gasteiger partial charge is 0.453 e. The van der Waals surface area contributed by atoms with Gasteiger partial charge in [0.05, 0.1) is 0 Å². The Kier molecular flexibility index (Phi) is 4.67. The highest BCUT2D eigenvalue weighted by molar-refractivity contribution is 5.99. The third kappa shape index (κ3) is 4.21. The number of anilines is 2. The minimum Gasteiger partial charge on any atom is -0.453 e. The molecule has 4 rings (SSSR count). The second-order valence-electron chi connectivity index (χ2n) is 7.56. The van der Waals surface area contributed by atoms with Gasteiger partial charge in [0.2, 0.25) is 0 Å². The Bertz CT molecular complexity index is 1140. The van der Waals surface area contributed by atoms with Gasteiger partial charge < -0.3 is 19.0 Å². The zero-order valence-corrected chi connectivity index (χ0v) is 16.3. The van der Waals surface area contributed by atoms with Gasteiger partial charge in [-0.05, 0) is 36.4 Å². The van der Waals surface area contributed by atoms with Crippen LogP contribution in [0.5, 0.6) is 11.5 Å². The number of imidazole rings is 1. The van der Waals surface area contributed by atoms with Gasteiger partial charge >= 0.3 is 6.03 Å². The van der Waals surface area contributed by atoms with Crippen LogP contribution in [0.4, 0.5) is 16.3 Å². The summed E-state index contributed by atoms with van der Waals surface area (Å²) in [6.07, 6.45) is 5.47. The topological polar surface area (TPSA) is 93.7 Å². The molecule has 8 heteroatoms. The van der Waals surface area contributed by atoms with Gasteiger partial charge in [-0.3, -0.25) is 5.32 Å². The number of nitrogens with zero attached hydrogens (tertiary/aromatic N) is 3. The lowest BCUT2D eigenvalue weighted by Gasteiger charge is -2.12. The van der Waals surface area contributed by atoms with Crippen molar-refractivity contribution in [2.45, 2.75) is 26.2 Å². The van der Waals surface area contributed by atoms with Crippen molar-refractivity contribution < 1.29 is 14.1 Å². The lowest BCUT2D eigenvalue weighted by atomic mass is 9.93. The van der Waals surface area contributed by atoms with Gasteiger partial charge in [0.25, 0.3) is 0 Å². The number of pyridine rings is 1. The van der Waals surface area contributed by atoms with Crippen LogP contribution in [0.1, 0.15) is 26.5 Å². The summed E-state index contributed by atoms with van der Waals surface area (Å²) in [7, 11) is 0. The van der Waals surface area contributed by atoms with Crippen LogP contribution >= 0.6 is 0 Å². The highest BCUT2D eigenvalue weighted by Gasteiger charge is 2.20. The van der Waals surface area contributed by atoms with E-state index in [9.17, 15) is 4.79 Å². The first-order valence-corrected chi connectivity index (χ1v) is 9.13. The molecule has 0 aliphatic heterocycles. The van der Waals surface area contributed by atoms with Crippen molar-refractivity contribution in [2.24, 2.45) is 0 Å². The summed E-state index contributed by atoms with van der Waals surface area (Å²) in [5.74, 6) is 2.34. The van der Waals surface area contributed by atoms with E-state index in [1.807, 2.05) is 49.7 Å². The summed E-state index contributed by atoms with van der Waals surface area (Å²) < 4.78 is 13.0. The highest BCUT2D eigenvalue weighted by atomic mass is 16.5. The summed E-state index contributed by atoms with van der Waals surface area (Å²) in [6.45, 7) is 6.02. The van der Waals surface area contributed by atoms with Crippen molar-refractivity contribution in [2.75, 3.05) is 10.6 Å². The molecule has 0 bridgehead atoms. The number of hydrogen-bond donors (Lipinski definition) is 2. The Morgan fingerprint density at radius 3 is 2.62 bits per heavy atom. The minimum atomic E-state index is -0.408. The van der Waals surface area contributed by atoms with Crippen LogP contribution in [0.15, 0.2) is 65.6 Å². The molecule has 0 atom stereocenters. The normalized spacial score (nSPS) is 11.4. The van der Waals surface area contributed by atoms with E-state index in [4.69, 9.17) is 9.26 Å². The first kappa shape index (κ1) is 18.5. The molecule has 29 heavy (non-hydrogen) atoms. The number of aromatic nitrogens is 3. The van der Waals surface area contributed by atoms with E-state index in [2.05, 4.69) is 20.8 Å². The first-order chi connectivity index (χ1) is 13.9. The van der Waals surface area contributed by atoms with E-state index in [1.54, 1.807) is 36.5 Å². The zero-order valence-electron chi connectivity index (χ0n) is 16.3. The van der Waals surface area contributed by atoms with Gasteiger partial charge in [-0.15, -0.1) is 0 Å². The monoisotopic (exact) mass is 391 g/mol. The molecule has 0 spiro atoms. The predicted molar refractivity (Wildman–Crippen MR) is 110 cm³/mol. The lowest BCUT2D eigenvalue weighted by molar-refractivity contribution is 0.262. The number of rotatable bonds is 4. The molecule has 148 valence electrons. The van der Waals surface area contributed by atoms with Crippen LogP contribution < -0.4 is 15.4 Å². The maximum absolute atomic E-state index is 12.2. The number of amides is 2. The molecule has 8 nitrogen and oxygen atoms in total. The molecule has 1 aromatic carbocycles. The van der Waals surface area contributed by atoms with E-state index in [0.29, 0.717) is 28.8 Å². The number of benzene rings is 1. The van der Waals surface area contributed by atoms with Crippen LogP contribution in [0.25, 0.3) is 5.65 Å².